The number of rotatable bonds is 4. The smallest absolute Gasteiger partial charge is 0.261 e. The van der Waals surface area contributed by atoms with E-state index in [2.05, 4.69) is 20.9 Å². The molecule has 6 nitrogen and oxygen atoms in total. The minimum atomic E-state index is -3.01. The van der Waals surface area contributed by atoms with Crippen LogP contribution in [0.5, 0.6) is 5.75 Å². The molecule has 8 heteroatoms. The molecule has 4 rings (SSSR count). The van der Waals surface area contributed by atoms with E-state index in [9.17, 15) is 13.2 Å². The number of sulfone groups is 1. The fourth-order valence-corrected chi connectivity index (χ4v) is 5.90. The number of nitrogens with zero attached hydrogens (tertiary/aromatic N) is 2. The standard InChI is InChI=1S/C21H21BrN2O4S/c1-28-17-4-2-3-15(11-17)20(14-7-9-29(26,27)10-8-14)24-13-23-19-6-5-16(22)12-18(19)21(24)25/h2-6,11-14,20H,7-10H2,1H3. The van der Waals surface area contributed by atoms with Crippen LogP contribution in [-0.4, -0.2) is 36.6 Å². The molecule has 0 radical (unpaired) electrons. The van der Waals surface area contributed by atoms with E-state index in [-0.39, 0.29) is 29.0 Å². The Kier molecular flexibility index (Phi) is 5.48. The third-order valence-corrected chi connectivity index (χ3v) is 7.73. The van der Waals surface area contributed by atoms with Crippen LogP contribution in [0.15, 0.2) is 58.1 Å². The minimum Gasteiger partial charge on any atom is -0.497 e. The highest BCUT2D eigenvalue weighted by molar-refractivity contribution is 9.10. The monoisotopic (exact) mass is 476 g/mol. The second kappa shape index (κ2) is 7.91. The van der Waals surface area contributed by atoms with Gasteiger partial charge in [0.25, 0.3) is 5.56 Å². The number of hydrogen-bond acceptors (Lipinski definition) is 5. The van der Waals surface area contributed by atoms with Crippen molar-refractivity contribution in [2.75, 3.05) is 18.6 Å². The zero-order valence-corrected chi connectivity index (χ0v) is 18.3. The van der Waals surface area contributed by atoms with Gasteiger partial charge in [0.05, 0.1) is 41.9 Å². The van der Waals surface area contributed by atoms with Crippen LogP contribution in [0.4, 0.5) is 0 Å². The van der Waals surface area contributed by atoms with E-state index in [1.54, 1.807) is 30.1 Å². The molecule has 0 amide bonds. The lowest BCUT2D eigenvalue weighted by molar-refractivity contribution is 0.337. The van der Waals surface area contributed by atoms with Gasteiger partial charge < -0.3 is 4.74 Å². The molecule has 1 unspecified atom stereocenters. The lowest BCUT2D eigenvalue weighted by Gasteiger charge is -2.32. The van der Waals surface area contributed by atoms with Crippen LogP contribution in [0.3, 0.4) is 0 Å². The van der Waals surface area contributed by atoms with Crippen molar-refractivity contribution < 1.29 is 13.2 Å². The van der Waals surface area contributed by atoms with Crippen molar-refractivity contribution in [3.05, 3.63) is 69.2 Å². The maximum absolute atomic E-state index is 13.4. The molecule has 3 aromatic rings. The highest BCUT2D eigenvalue weighted by atomic mass is 79.9. The largest absolute Gasteiger partial charge is 0.497 e. The molecule has 0 N–H and O–H groups in total. The van der Waals surface area contributed by atoms with Crippen LogP contribution in [0.25, 0.3) is 10.9 Å². The van der Waals surface area contributed by atoms with E-state index >= 15 is 0 Å². The maximum Gasteiger partial charge on any atom is 0.261 e. The SMILES string of the molecule is COc1cccc(C(C2CCS(=O)(=O)CC2)n2cnc3ccc(Br)cc3c2=O)c1. The summed E-state index contributed by atoms with van der Waals surface area (Å²) in [6.07, 6.45) is 2.59. The van der Waals surface area contributed by atoms with E-state index in [0.29, 0.717) is 29.5 Å². The summed E-state index contributed by atoms with van der Waals surface area (Å²) in [5.74, 6) is 0.981. The first-order valence-electron chi connectivity index (χ1n) is 9.39. The molecule has 152 valence electrons. The van der Waals surface area contributed by atoms with Crippen molar-refractivity contribution in [3.8, 4) is 5.75 Å². The van der Waals surface area contributed by atoms with Gasteiger partial charge in [0.15, 0.2) is 0 Å². The van der Waals surface area contributed by atoms with Gasteiger partial charge in [0.2, 0.25) is 0 Å². The van der Waals surface area contributed by atoms with Gasteiger partial charge in [-0.15, -0.1) is 0 Å². The predicted octanol–water partition coefficient (Wildman–Crippen LogP) is 3.58. The normalized spacial score (nSPS) is 17.9. The molecular weight excluding hydrogens is 456 g/mol. The molecule has 1 atom stereocenters. The third-order valence-electron chi connectivity index (χ3n) is 5.53. The number of ether oxygens (including phenoxy) is 1. The topological polar surface area (TPSA) is 78.3 Å². The Hall–Kier alpha value is -2.19. The molecule has 2 heterocycles. The highest BCUT2D eigenvalue weighted by Crippen LogP contribution is 2.35. The highest BCUT2D eigenvalue weighted by Gasteiger charge is 2.32. The summed E-state index contributed by atoms with van der Waals surface area (Å²) in [5.41, 5.74) is 1.40. The number of methoxy groups -OCH3 is 1. The number of aromatic nitrogens is 2. The van der Waals surface area contributed by atoms with Crippen molar-refractivity contribution >= 4 is 36.7 Å². The molecule has 2 aromatic carbocycles. The fraction of sp³-hybridized carbons (Fsp3) is 0.333. The molecule has 0 spiro atoms. The molecule has 0 aliphatic carbocycles. The van der Waals surface area contributed by atoms with E-state index in [0.717, 1.165) is 10.0 Å². The van der Waals surface area contributed by atoms with Crippen molar-refractivity contribution in [3.63, 3.8) is 0 Å². The van der Waals surface area contributed by atoms with Crippen LogP contribution >= 0.6 is 15.9 Å². The summed E-state index contributed by atoms with van der Waals surface area (Å²) in [6, 6.07) is 12.7. The minimum absolute atomic E-state index is 0.00901. The summed E-state index contributed by atoms with van der Waals surface area (Å²) in [4.78, 5) is 17.9. The van der Waals surface area contributed by atoms with Gasteiger partial charge in [-0.2, -0.15) is 0 Å². The third kappa shape index (κ3) is 4.09. The zero-order valence-electron chi connectivity index (χ0n) is 15.9. The van der Waals surface area contributed by atoms with Gasteiger partial charge in [0, 0.05) is 4.47 Å². The van der Waals surface area contributed by atoms with Crippen LogP contribution in [0.1, 0.15) is 24.4 Å². The van der Waals surface area contributed by atoms with Crippen molar-refractivity contribution in [2.45, 2.75) is 18.9 Å². The first-order valence-corrected chi connectivity index (χ1v) is 12.0. The Morgan fingerprint density at radius 2 is 1.93 bits per heavy atom. The molecule has 1 aliphatic heterocycles. The quantitative estimate of drug-likeness (QED) is 0.574. The molecule has 0 saturated carbocycles. The molecule has 1 saturated heterocycles. The van der Waals surface area contributed by atoms with Crippen LogP contribution in [0.2, 0.25) is 0 Å². The Morgan fingerprint density at radius 1 is 1.17 bits per heavy atom. The van der Waals surface area contributed by atoms with E-state index in [1.165, 1.54) is 0 Å². The van der Waals surface area contributed by atoms with E-state index in [4.69, 9.17) is 4.74 Å². The Labute approximate surface area is 177 Å². The summed E-state index contributed by atoms with van der Waals surface area (Å²) < 4.78 is 31.8. The van der Waals surface area contributed by atoms with Crippen molar-refractivity contribution in [2.24, 2.45) is 5.92 Å². The molecule has 29 heavy (non-hydrogen) atoms. The predicted molar refractivity (Wildman–Crippen MR) is 116 cm³/mol. The Bertz CT molecular complexity index is 1210. The van der Waals surface area contributed by atoms with Crippen molar-refractivity contribution in [1.82, 2.24) is 9.55 Å². The first kappa shape index (κ1) is 20.1. The van der Waals surface area contributed by atoms with Crippen LogP contribution in [0, 0.1) is 5.92 Å². The van der Waals surface area contributed by atoms with Gasteiger partial charge in [-0.3, -0.25) is 9.36 Å². The lowest BCUT2D eigenvalue weighted by atomic mass is 9.88. The number of benzene rings is 2. The Balaban J connectivity index is 1.87. The van der Waals surface area contributed by atoms with Crippen molar-refractivity contribution in [1.29, 1.82) is 0 Å². The summed E-state index contributed by atoms with van der Waals surface area (Å²) >= 11 is 3.42. The van der Waals surface area contributed by atoms with Gasteiger partial charge in [-0.1, -0.05) is 28.1 Å². The van der Waals surface area contributed by atoms with E-state index < -0.39 is 9.84 Å². The molecular formula is C21H21BrN2O4S. The summed E-state index contributed by atoms with van der Waals surface area (Å²) in [7, 11) is -1.41. The van der Waals surface area contributed by atoms with Crippen LogP contribution < -0.4 is 10.3 Å². The molecule has 1 aliphatic rings. The molecule has 0 bridgehead atoms. The second-order valence-corrected chi connectivity index (χ2v) is 10.5. The zero-order chi connectivity index (χ0) is 20.6. The number of hydrogen-bond donors (Lipinski definition) is 0. The summed E-state index contributed by atoms with van der Waals surface area (Å²) in [6.45, 7) is 0. The van der Waals surface area contributed by atoms with Gasteiger partial charge >= 0.3 is 0 Å². The van der Waals surface area contributed by atoms with Gasteiger partial charge in [0.1, 0.15) is 15.6 Å². The van der Waals surface area contributed by atoms with Gasteiger partial charge in [-0.25, -0.2) is 13.4 Å². The first-order chi connectivity index (χ1) is 13.9. The molecule has 1 aromatic heterocycles. The average molecular weight is 477 g/mol. The summed E-state index contributed by atoms with van der Waals surface area (Å²) in [5, 5.41) is 0.526. The average Bonchev–Trinajstić information content (AvgIpc) is 2.71. The van der Waals surface area contributed by atoms with Crippen LogP contribution in [-0.2, 0) is 9.84 Å². The van der Waals surface area contributed by atoms with Gasteiger partial charge in [-0.05, 0) is 54.7 Å². The number of halogens is 1. The lowest BCUT2D eigenvalue weighted by Crippen LogP contribution is -2.35. The van der Waals surface area contributed by atoms with E-state index in [1.807, 2.05) is 30.3 Å². The Morgan fingerprint density at radius 3 is 2.66 bits per heavy atom. The molecule has 1 fully saturated rings. The second-order valence-electron chi connectivity index (χ2n) is 7.33. The maximum atomic E-state index is 13.4. The number of fused-ring (bicyclic) bond motifs is 1. The fourth-order valence-electron chi connectivity index (χ4n) is 4.02.